The van der Waals surface area contributed by atoms with E-state index in [9.17, 15) is 5.11 Å². The van der Waals surface area contributed by atoms with Crippen LogP contribution in [0.15, 0.2) is 23.7 Å². The van der Waals surface area contributed by atoms with Crippen LogP contribution in [0, 0.1) is 6.92 Å². The molecular weight excluding hydrogens is 258 g/mol. The first kappa shape index (κ1) is 12.6. The third-order valence-corrected chi connectivity index (χ3v) is 4.60. The maximum absolute atomic E-state index is 9.76. The number of thiazole rings is 1. The molecule has 4 heteroatoms. The fourth-order valence-corrected chi connectivity index (χ4v) is 3.25. The predicted octanol–water partition coefficient (Wildman–Crippen LogP) is 3.05. The zero-order valence-corrected chi connectivity index (χ0v) is 11.7. The van der Waals surface area contributed by atoms with Crippen molar-refractivity contribution >= 4 is 11.3 Å². The van der Waals surface area contributed by atoms with Gasteiger partial charge in [-0.2, -0.15) is 0 Å². The smallest absolute Gasteiger partial charge is 0.119 e. The van der Waals surface area contributed by atoms with Gasteiger partial charge in [0.2, 0.25) is 0 Å². The van der Waals surface area contributed by atoms with Crippen molar-refractivity contribution in [1.82, 2.24) is 4.98 Å². The SMILES string of the molecule is Cc1ncsc1CCOc1ccc2c(c1)CC[C@H]2O. The zero-order chi connectivity index (χ0) is 13.2. The number of aryl methyl sites for hydroxylation is 2. The third-order valence-electron chi connectivity index (χ3n) is 3.60. The van der Waals surface area contributed by atoms with E-state index >= 15 is 0 Å². The summed E-state index contributed by atoms with van der Waals surface area (Å²) in [4.78, 5) is 5.52. The minimum atomic E-state index is -0.288. The number of aliphatic hydroxyl groups is 1. The van der Waals surface area contributed by atoms with E-state index in [1.807, 2.05) is 24.6 Å². The summed E-state index contributed by atoms with van der Waals surface area (Å²) in [5.41, 5.74) is 5.26. The van der Waals surface area contributed by atoms with Crippen molar-refractivity contribution < 1.29 is 9.84 Å². The molecule has 1 heterocycles. The van der Waals surface area contributed by atoms with E-state index in [1.165, 1.54) is 10.4 Å². The van der Waals surface area contributed by atoms with Gasteiger partial charge in [0, 0.05) is 11.3 Å². The molecule has 3 rings (SSSR count). The first-order chi connectivity index (χ1) is 9.24. The molecule has 1 aromatic heterocycles. The van der Waals surface area contributed by atoms with Crippen molar-refractivity contribution in [2.24, 2.45) is 0 Å². The van der Waals surface area contributed by atoms with Crippen LogP contribution in [0.2, 0.25) is 0 Å². The summed E-state index contributed by atoms with van der Waals surface area (Å²) in [5.74, 6) is 0.898. The molecule has 0 spiro atoms. The van der Waals surface area contributed by atoms with Crippen LogP contribution >= 0.6 is 11.3 Å². The Hall–Kier alpha value is -1.39. The second kappa shape index (κ2) is 5.31. The molecule has 0 aliphatic heterocycles. The van der Waals surface area contributed by atoms with Crippen molar-refractivity contribution in [3.63, 3.8) is 0 Å². The normalized spacial score (nSPS) is 17.5. The molecule has 0 amide bonds. The molecule has 1 N–H and O–H groups in total. The summed E-state index contributed by atoms with van der Waals surface area (Å²) in [6.45, 7) is 2.70. The molecular formula is C15H17NO2S. The minimum Gasteiger partial charge on any atom is -0.493 e. The zero-order valence-electron chi connectivity index (χ0n) is 10.9. The van der Waals surface area contributed by atoms with Gasteiger partial charge in [-0.3, -0.25) is 0 Å². The van der Waals surface area contributed by atoms with Crippen LogP contribution in [0.5, 0.6) is 5.75 Å². The molecule has 1 atom stereocenters. The molecule has 0 radical (unpaired) electrons. The van der Waals surface area contributed by atoms with E-state index in [0.29, 0.717) is 6.61 Å². The van der Waals surface area contributed by atoms with Gasteiger partial charge < -0.3 is 9.84 Å². The number of benzene rings is 1. The van der Waals surface area contributed by atoms with Gasteiger partial charge >= 0.3 is 0 Å². The van der Waals surface area contributed by atoms with E-state index < -0.39 is 0 Å². The van der Waals surface area contributed by atoms with Crippen LogP contribution in [0.25, 0.3) is 0 Å². The summed E-state index contributed by atoms with van der Waals surface area (Å²) in [7, 11) is 0. The minimum absolute atomic E-state index is 0.288. The van der Waals surface area contributed by atoms with Gasteiger partial charge in [0.05, 0.1) is 23.9 Å². The Morgan fingerprint density at radius 1 is 1.47 bits per heavy atom. The van der Waals surface area contributed by atoms with Gasteiger partial charge in [-0.25, -0.2) is 4.98 Å². The van der Waals surface area contributed by atoms with E-state index in [0.717, 1.165) is 36.3 Å². The highest BCUT2D eigenvalue weighted by Gasteiger charge is 2.20. The van der Waals surface area contributed by atoms with Crippen LogP contribution in [-0.4, -0.2) is 16.7 Å². The fraction of sp³-hybridized carbons (Fsp3) is 0.400. The Morgan fingerprint density at radius 2 is 2.37 bits per heavy atom. The lowest BCUT2D eigenvalue weighted by Gasteiger charge is -2.08. The lowest BCUT2D eigenvalue weighted by Crippen LogP contribution is -2.01. The number of aliphatic hydroxyl groups excluding tert-OH is 1. The lowest BCUT2D eigenvalue weighted by molar-refractivity contribution is 0.180. The van der Waals surface area contributed by atoms with Crippen LogP contribution in [-0.2, 0) is 12.8 Å². The molecule has 1 aromatic carbocycles. The number of hydrogen-bond acceptors (Lipinski definition) is 4. The van der Waals surface area contributed by atoms with Gasteiger partial charge in [-0.1, -0.05) is 6.07 Å². The number of fused-ring (bicyclic) bond motifs is 1. The van der Waals surface area contributed by atoms with Crippen LogP contribution < -0.4 is 4.74 Å². The highest BCUT2D eigenvalue weighted by molar-refractivity contribution is 7.09. The average Bonchev–Trinajstić information content (AvgIpc) is 2.97. The van der Waals surface area contributed by atoms with Crippen molar-refractivity contribution in [1.29, 1.82) is 0 Å². The molecule has 0 bridgehead atoms. The molecule has 2 aromatic rings. The number of aromatic nitrogens is 1. The molecule has 3 nitrogen and oxygen atoms in total. The molecule has 0 saturated carbocycles. The quantitative estimate of drug-likeness (QED) is 0.932. The molecule has 0 saturated heterocycles. The Kier molecular flexibility index (Phi) is 3.53. The van der Waals surface area contributed by atoms with Crippen molar-refractivity contribution in [3.05, 3.63) is 45.4 Å². The van der Waals surface area contributed by atoms with Gasteiger partial charge in [0.1, 0.15) is 5.75 Å². The second-order valence-corrected chi connectivity index (χ2v) is 5.81. The maximum Gasteiger partial charge on any atom is 0.119 e. The Labute approximate surface area is 116 Å². The topological polar surface area (TPSA) is 42.4 Å². The van der Waals surface area contributed by atoms with Crippen molar-refractivity contribution in [2.75, 3.05) is 6.61 Å². The molecule has 19 heavy (non-hydrogen) atoms. The summed E-state index contributed by atoms with van der Waals surface area (Å²) >= 11 is 1.68. The number of ether oxygens (including phenoxy) is 1. The lowest BCUT2D eigenvalue weighted by atomic mass is 10.1. The van der Waals surface area contributed by atoms with Gasteiger partial charge in [0.15, 0.2) is 0 Å². The van der Waals surface area contributed by atoms with Gasteiger partial charge in [-0.15, -0.1) is 11.3 Å². The van der Waals surface area contributed by atoms with Crippen LogP contribution in [0.1, 0.15) is 34.2 Å². The summed E-state index contributed by atoms with van der Waals surface area (Å²) < 4.78 is 5.79. The first-order valence-electron chi connectivity index (χ1n) is 6.56. The van der Waals surface area contributed by atoms with E-state index in [-0.39, 0.29) is 6.10 Å². The molecule has 0 unspecified atom stereocenters. The Bertz CT molecular complexity index is 579. The monoisotopic (exact) mass is 275 g/mol. The van der Waals surface area contributed by atoms with Crippen molar-refractivity contribution in [3.8, 4) is 5.75 Å². The Morgan fingerprint density at radius 3 is 3.16 bits per heavy atom. The molecule has 100 valence electrons. The standard InChI is InChI=1S/C15H17NO2S/c1-10-15(19-9-16-10)6-7-18-12-3-4-13-11(8-12)2-5-14(13)17/h3-4,8-9,14,17H,2,5-7H2,1H3/t14-/m1/s1. The molecule has 1 aliphatic rings. The third kappa shape index (κ3) is 2.65. The fourth-order valence-electron chi connectivity index (χ4n) is 2.49. The van der Waals surface area contributed by atoms with Gasteiger partial charge in [-0.05, 0) is 43.0 Å². The summed E-state index contributed by atoms with van der Waals surface area (Å²) in [5, 5.41) is 9.76. The summed E-state index contributed by atoms with van der Waals surface area (Å²) in [6.07, 6.45) is 2.39. The largest absolute Gasteiger partial charge is 0.493 e. The molecule has 1 aliphatic carbocycles. The van der Waals surface area contributed by atoms with Crippen LogP contribution in [0.3, 0.4) is 0 Å². The summed E-state index contributed by atoms with van der Waals surface area (Å²) in [6, 6.07) is 6.00. The number of hydrogen-bond donors (Lipinski definition) is 1. The van der Waals surface area contributed by atoms with Gasteiger partial charge in [0.25, 0.3) is 0 Å². The van der Waals surface area contributed by atoms with Crippen molar-refractivity contribution in [2.45, 2.75) is 32.3 Å². The number of rotatable bonds is 4. The maximum atomic E-state index is 9.76. The Balaban J connectivity index is 1.60. The highest BCUT2D eigenvalue weighted by atomic mass is 32.1. The average molecular weight is 275 g/mol. The number of nitrogens with zero attached hydrogens (tertiary/aromatic N) is 1. The van der Waals surface area contributed by atoms with E-state index in [2.05, 4.69) is 11.1 Å². The first-order valence-corrected chi connectivity index (χ1v) is 7.44. The second-order valence-electron chi connectivity index (χ2n) is 4.87. The van der Waals surface area contributed by atoms with E-state index in [4.69, 9.17) is 4.74 Å². The van der Waals surface area contributed by atoms with E-state index in [1.54, 1.807) is 11.3 Å². The van der Waals surface area contributed by atoms with Crippen LogP contribution in [0.4, 0.5) is 0 Å². The highest BCUT2D eigenvalue weighted by Crippen LogP contribution is 2.33. The predicted molar refractivity (Wildman–Crippen MR) is 75.8 cm³/mol. The molecule has 0 fully saturated rings.